The Morgan fingerprint density at radius 1 is 0.927 bits per heavy atom. The summed E-state index contributed by atoms with van der Waals surface area (Å²) >= 11 is 0. The molecule has 55 heavy (non-hydrogen) atoms. The highest BCUT2D eigenvalue weighted by atomic mass is 16.5. The third-order valence-corrected chi connectivity index (χ3v) is 10.6. The van der Waals surface area contributed by atoms with E-state index in [0.29, 0.717) is 31.5 Å². The number of likely N-dealkylation sites (N-methyl/N-ethyl adjacent to an activating group) is 1. The van der Waals surface area contributed by atoms with E-state index in [2.05, 4.69) is 70.5 Å². The van der Waals surface area contributed by atoms with Crippen molar-refractivity contribution in [2.45, 2.75) is 83.4 Å². The van der Waals surface area contributed by atoms with Crippen LogP contribution >= 0.6 is 0 Å². The highest BCUT2D eigenvalue weighted by Crippen LogP contribution is 2.39. The minimum Gasteiger partial charge on any atom is -0.492 e. The number of amides is 2. The Bertz CT molecular complexity index is 2070. The lowest BCUT2D eigenvalue weighted by Crippen LogP contribution is -2.38. The van der Waals surface area contributed by atoms with Crippen LogP contribution in [0.25, 0.3) is 11.3 Å². The van der Waals surface area contributed by atoms with Crippen LogP contribution in [0, 0.1) is 0 Å². The van der Waals surface area contributed by atoms with Crippen LogP contribution in [0.15, 0.2) is 72.9 Å². The molecule has 7 rings (SSSR count). The van der Waals surface area contributed by atoms with Crippen LogP contribution in [0.5, 0.6) is 11.5 Å². The zero-order chi connectivity index (χ0) is 38.5. The molecule has 1 aliphatic heterocycles. The van der Waals surface area contributed by atoms with E-state index in [4.69, 9.17) is 19.3 Å². The number of nitrogens with zero attached hydrogens (tertiary/aromatic N) is 7. The number of carbonyl (C=O) groups excluding carboxylic acids is 1. The minimum absolute atomic E-state index is 0.167. The molecular formula is C42H55N9O4. The molecule has 2 aliphatic rings. The fraction of sp³-hybridized carbons (Fsp3) is 0.476. The van der Waals surface area contributed by atoms with Crippen LogP contribution in [-0.2, 0) is 10.2 Å². The third kappa shape index (κ3) is 8.89. The van der Waals surface area contributed by atoms with E-state index in [1.807, 2.05) is 72.2 Å². The van der Waals surface area contributed by atoms with Crippen LogP contribution in [0.2, 0.25) is 0 Å². The lowest BCUT2D eigenvalue weighted by molar-refractivity contribution is 0.150. The first-order valence-corrected chi connectivity index (χ1v) is 19.5. The molecule has 4 heterocycles. The molecular weight excluding hydrogens is 695 g/mol. The second-order valence-electron chi connectivity index (χ2n) is 15.8. The molecule has 0 unspecified atom stereocenters. The number of hydrogen-bond acceptors (Lipinski definition) is 9. The number of carbonyl (C=O) groups is 1. The molecule has 0 radical (unpaired) electrons. The molecule has 292 valence electrons. The second kappa shape index (κ2) is 16.7. The van der Waals surface area contributed by atoms with Gasteiger partial charge in [-0.05, 0) is 81.5 Å². The molecule has 3 aromatic heterocycles. The average molecular weight is 750 g/mol. The van der Waals surface area contributed by atoms with Crippen molar-refractivity contribution in [3.63, 3.8) is 0 Å². The predicted molar refractivity (Wildman–Crippen MR) is 215 cm³/mol. The Morgan fingerprint density at radius 2 is 1.75 bits per heavy atom. The highest BCUT2D eigenvalue weighted by Gasteiger charge is 2.31. The lowest BCUT2D eigenvalue weighted by atomic mass is 9.85. The maximum atomic E-state index is 13.8. The molecule has 2 N–H and O–H groups in total. The summed E-state index contributed by atoms with van der Waals surface area (Å²) in [6, 6.07) is 21.8. The maximum Gasteiger partial charge on any atom is 0.320 e. The van der Waals surface area contributed by atoms with E-state index in [0.717, 1.165) is 84.5 Å². The quantitative estimate of drug-likeness (QED) is 0.127. The summed E-state index contributed by atoms with van der Waals surface area (Å²) in [6.07, 6.45) is 6.83. The van der Waals surface area contributed by atoms with Gasteiger partial charge in [0.2, 0.25) is 5.95 Å². The van der Waals surface area contributed by atoms with E-state index < -0.39 is 0 Å². The number of methoxy groups -OCH3 is 1. The molecule has 1 fully saturated rings. The van der Waals surface area contributed by atoms with Crippen molar-refractivity contribution in [3.05, 3.63) is 89.7 Å². The molecule has 13 heteroatoms. The molecule has 1 aliphatic carbocycles. The van der Waals surface area contributed by atoms with Gasteiger partial charge in [0.05, 0.1) is 30.2 Å². The summed E-state index contributed by atoms with van der Waals surface area (Å²) in [5, 5.41) is 20.3. The maximum absolute atomic E-state index is 13.8. The van der Waals surface area contributed by atoms with Crippen LogP contribution < -0.4 is 25.0 Å². The van der Waals surface area contributed by atoms with Crippen LogP contribution in [0.4, 0.5) is 16.6 Å². The molecule has 2 aromatic carbocycles. The van der Waals surface area contributed by atoms with Crippen molar-refractivity contribution < 1.29 is 19.0 Å². The molecule has 2 amide bonds. The minimum atomic E-state index is -0.301. The zero-order valence-electron chi connectivity index (χ0n) is 33.0. The first kappa shape index (κ1) is 38.1. The number of ether oxygens (including phenoxy) is 3. The molecule has 5 aromatic rings. The normalized spacial score (nSPS) is 18.7. The van der Waals surface area contributed by atoms with Crippen molar-refractivity contribution in [1.29, 1.82) is 0 Å². The lowest BCUT2D eigenvalue weighted by Gasteiger charge is -2.33. The van der Waals surface area contributed by atoms with E-state index in [1.165, 1.54) is 6.42 Å². The van der Waals surface area contributed by atoms with Gasteiger partial charge in [-0.3, -0.25) is 9.72 Å². The van der Waals surface area contributed by atoms with Gasteiger partial charge in [0.15, 0.2) is 5.65 Å². The van der Waals surface area contributed by atoms with E-state index in [9.17, 15) is 4.79 Å². The Hall–Kier alpha value is -5.14. The zero-order valence-corrected chi connectivity index (χ0v) is 33.0. The summed E-state index contributed by atoms with van der Waals surface area (Å²) in [7, 11) is 3.75. The predicted octanol–water partition coefficient (Wildman–Crippen LogP) is 7.33. The summed E-state index contributed by atoms with van der Waals surface area (Å²) in [5.74, 6) is 2.93. The molecule has 0 spiro atoms. The summed E-state index contributed by atoms with van der Waals surface area (Å²) < 4.78 is 21.8. The first-order valence-electron chi connectivity index (χ1n) is 19.5. The number of hydrogen-bond donors (Lipinski definition) is 2. The number of benzene rings is 2. The van der Waals surface area contributed by atoms with E-state index in [1.54, 1.807) is 11.8 Å². The van der Waals surface area contributed by atoms with Gasteiger partial charge in [-0.1, -0.05) is 51.1 Å². The van der Waals surface area contributed by atoms with Gasteiger partial charge in [-0.25, -0.2) is 9.48 Å². The number of rotatable bonds is 13. The monoisotopic (exact) mass is 749 g/mol. The topological polar surface area (TPSA) is 123 Å². The van der Waals surface area contributed by atoms with Crippen LogP contribution in [0.1, 0.15) is 88.8 Å². The number of aromatic nitrogens is 5. The van der Waals surface area contributed by atoms with Gasteiger partial charge < -0.3 is 29.3 Å². The van der Waals surface area contributed by atoms with Crippen molar-refractivity contribution in [3.8, 4) is 17.2 Å². The largest absolute Gasteiger partial charge is 0.492 e. The van der Waals surface area contributed by atoms with Gasteiger partial charge in [0, 0.05) is 50.3 Å². The van der Waals surface area contributed by atoms with Crippen molar-refractivity contribution in [2.75, 3.05) is 57.2 Å². The van der Waals surface area contributed by atoms with Gasteiger partial charge in [0.25, 0.3) is 0 Å². The third-order valence-electron chi connectivity index (χ3n) is 10.6. The Kier molecular flexibility index (Phi) is 11.6. The number of nitrogens with one attached hydrogen (secondary N) is 2. The molecule has 0 saturated carbocycles. The van der Waals surface area contributed by atoms with Gasteiger partial charge in [0.1, 0.15) is 30.0 Å². The van der Waals surface area contributed by atoms with E-state index in [-0.39, 0.29) is 23.6 Å². The van der Waals surface area contributed by atoms with E-state index >= 15 is 0 Å². The second-order valence-corrected chi connectivity index (χ2v) is 15.8. The van der Waals surface area contributed by atoms with Crippen LogP contribution in [0.3, 0.4) is 0 Å². The molecule has 0 bridgehead atoms. The number of pyridine rings is 1. The molecule has 13 nitrogen and oxygen atoms in total. The Labute approximate surface area is 324 Å². The number of piperidine rings is 1. The van der Waals surface area contributed by atoms with Crippen molar-refractivity contribution in [2.24, 2.45) is 0 Å². The standard InChI is InChI=1S/C42H55N9O4/c1-29-12-9-10-21-49(29)41-46-45-38-20-17-32(28-50(38)41)55-36-19-18-35(33-15-7-8-16-34(33)36)43-40(52)44-39-27-37(42(2,3)4)47-51(39)30-13-11-14-31(26-30)54-25-23-48(5)22-24-53-6/h7-8,11,13-17,20,26-29,35-36H,9-10,12,18-19,21-25H2,1-6H3,(H2,43,44,52)/t29-,35-,36+/m0/s1. The number of anilines is 2. The summed E-state index contributed by atoms with van der Waals surface area (Å²) in [5.41, 5.74) is 4.33. The van der Waals surface area contributed by atoms with Gasteiger partial charge in [-0.15, -0.1) is 10.2 Å². The van der Waals surface area contributed by atoms with Crippen molar-refractivity contribution >= 4 is 23.4 Å². The smallest absolute Gasteiger partial charge is 0.320 e. The summed E-state index contributed by atoms with van der Waals surface area (Å²) in [4.78, 5) is 18.3. The highest BCUT2D eigenvalue weighted by molar-refractivity contribution is 5.89. The average Bonchev–Trinajstić information content (AvgIpc) is 3.80. The fourth-order valence-corrected chi connectivity index (χ4v) is 7.43. The van der Waals surface area contributed by atoms with Gasteiger partial charge >= 0.3 is 6.03 Å². The molecule has 3 atom stereocenters. The van der Waals surface area contributed by atoms with Gasteiger partial charge in [-0.2, -0.15) is 5.10 Å². The Morgan fingerprint density at radius 3 is 2.55 bits per heavy atom. The number of urea groups is 1. The number of fused-ring (bicyclic) bond motifs is 2. The van der Waals surface area contributed by atoms with Crippen molar-refractivity contribution in [1.82, 2.24) is 34.6 Å². The SMILES string of the molecule is COCCN(C)CCOc1cccc(-n2nc(C(C)(C)C)cc2NC(=O)N[C@H]2CC[C@@H](Oc3ccc4nnc(N5CCCC[C@@H]5C)n4c3)c3ccccc32)c1. The first-order chi connectivity index (χ1) is 26.6. The van der Waals surface area contributed by atoms with Crippen LogP contribution in [-0.4, -0.2) is 88.4 Å². The fourth-order valence-electron chi connectivity index (χ4n) is 7.43. The molecule has 1 saturated heterocycles. The summed E-state index contributed by atoms with van der Waals surface area (Å²) in [6.45, 7) is 12.4. The Balaban J connectivity index is 1.05.